The maximum absolute atomic E-state index is 11.9. The van der Waals surface area contributed by atoms with Crippen LogP contribution in [0, 0.1) is 0 Å². The Balaban J connectivity index is 2.58. The van der Waals surface area contributed by atoms with Crippen LogP contribution >= 0.6 is 11.6 Å². The topological polar surface area (TPSA) is 96.3 Å². The van der Waals surface area contributed by atoms with Crippen molar-refractivity contribution in [1.82, 2.24) is 4.31 Å². The molecule has 0 radical (unpaired) electrons. The van der Waals surface area contributed by atoms with E-state index in [4.69, 9.17) is 21.4 Å². The minimum absolute atomic E-state index is 0.00458. The molecule has 1 aliphatic heterocycles. The molecule has 0 aliphatic carbocycles. The maximum atomic E-state index is 11.9. The number of carboxylic acids is 1. The highest BCUT2D eigenvalue weighted by Gasteiger charge is 2.29. The van der Waals surface area contributed by atoms with Crippen LogP contribution in [-0.4, -0.2) is 43.7 Å². The number of carbonyl (C=O) groups is 1. The SMILES string of the molecule is COc1ccc(C2=NS(=O)(=O)N(C)C(C(=O)O)=C2)cc1Cl. The lowest BCUT2D eigenvalue weighted by atomic mass is 10.1. The Bertz CT molecular complexity index is 770. The number of allylic oxidation sites excluding steroid dienone is 1. The molecule has 2 rings (SSSR count). The molecule has 9 heteroatoms. The number of nitrogens with zero attached hydrogens (tertiary/aromatic N) is 2. The van der Waals surface area contributed by atoms with Crippen molar-refractivity contribution in [3.05, 3.63) is 40.6 Å². The van der Waals surface area contributed by atoms with Gasteiger partial charge in [-0.15, -0.1) is 4.40 Å². The van der Waals surface area contributed by atoms with Gasteiger partial charge in [0.15, 0.2) is 0 Å². The fourth-order valence-electron chi connectivity index (χ4n) is 1.71. The van der Waals surface area contributed by atoms with Crippen molar-refractivity contribution >= 4 is 33.5 Å². The van der Waals surface area contributed by atoms with E-state index in [1.54, 1.807) is 12.1 Å². The van der Waals surface area contributed by atoms with Gasteiger partial charge in [-0.1, -0.05) is 11.6 Å². The molecule has 7 nitrogen and oxygen atoms in total. The summed E-state index contributed by atoms with van der Waals surface area (Å²) >= 11 is 5.97. The Morgan fingerprint density at radius 1 is 1.43 bits per heavy atom. The number of likely N-dealkylation sites (N-methyl/N-ethyl adjacent to an activating group) is 1. The van der Waals surface area contributed by atoms with E-state index in [0.29, 0.717) is 15.6 Å². The fourth-order valence-corrected chi connectivity index (χ4v) is 2.88. The van der Waals surface area contributed by atoms with Crippen molar-refractivity contribution in [3.8, 4) is 5.75 Å². The maximum Gasteiger partial charge on any atom is 0.353 e. The molecule has 1 aliphatic rings. The van der Waals surface area contributed by atoms with Gasteiger partial charge in [-0.05, 0) is 24.3 Å². The van der Waals surface area contributed by atoms with Gasteiger partial charge in [0, 0.05) is 12.6 Å². The molecule has 1 heterocycles. The summed E-state index contributed by atoms with van der Waals surface area (Å²) in [6.07, 6.45) is 1.17. The molecule has 0 fully saturated rings. The van der Waals surface area contributed by atoms with Gasteiger partial charge in [-0.25, -0.2) is 9.10 Å². The van der Waals surface area contributed by atoms with Gasteiger partial charge in [0.05, 0.1) is 17.8 Å². The molecule has 0 saturated heterocycles. The van der Waals surface area contributed by atoms with E-state index >= 15 is 0 Å². The predicted octanol–water partition coefficient (Wildman–Crippen LogP) is 1.30. The van der Waals surface area contributed by atoms with Crippen molar-refractivity contribution in [2.45, 2.75) is 0 Å². The summed E-state index contributed by atoms with van der Waals surface area (Å²) in [7, 11) is -1.52. The van der Waals surface area contributed by atoms with Gasteiger partial charge < -0.3 is 9.84 Å². The van der Waals surface area contributed by atoms with E-state index in [-0.39, 0.29) is 10.7 Å². The monoisotopic (exact) mass is 330 g/mol. The Labute approximate surface area is 126 Å². The first-order valence-electron chi connectivity index (χ1n) is 5.64. The predicted molar refractivity (Wildman–Crippen MR) is 76.9 cm³/mol. The highest BCUT2D eigenvalue weighted by atomic mass is 35.5. The highest BCUT2D eigenvalue weighted by molar-refractivity contribution is 7.88. The first-order chi connectivity index (χ1) is 9.76. The van der Waals surface area contributed by atoms with E-state index in [2.05, 4.69) is 4.40 Å². The summed E-state index contributed by atoms with van der Waals surface area (Å²) in [6, 6.07) is 4.54. The minimum atomic E-state index is -4.08. The van der Waals surface area contributed by atoms with Crippen molar-refractivity contribution in [1.29, 1.82) is 0 Å². The number of benzene rings is 1. The molecule has 21 heavy (non-hydrogen) atoms. The van der Waals surface area contributed by atoms with Crippen LogP contribution in [0.1, 0.15) is 5.56 Å². The largest absolute Gasteiger partial charge is 0.495 e. The third-order valence-corrected chi connectivity index (χ3v) is 4.45. The smallest absolute Gasteiger partial charge is 0.353 e. The highest BCUT2D eigenvalue weighted by Crippen LogP contribution is 2.27. The zero-order chi connectivity index (χ0) is 15.8. The quantitative estimate of drug-likeness (QED) is 0.901. The van der Waals surface area contributed by atoms with Gasteiger partial charge in [0.25, 0.3) is 0 Å². The first-order valence-corrected chi connectivity index (χ1v) is 7.41. The standard InChI is InChI=1S/C12H11ClN2O5S/c1-15-10(12(16)17)6-9(14-21(15,18)19)7-3-4-11(20-2)8(13)5-7/h3-6H,1-2H3,(H,16,17). The van der Waals surface area contributed by atoms with Crippen LogP contribution in [0.25, 0.3) is 0 Å². The zero-order valence-electron chi connectivity index (χ0n) is 11.1. The minimum Gasteiger partial charge on any atom is -0.495 e. The number of carboxylic acid groups (broad SMARTS) is 1. The van der Waals surface area contributed by atoms with Crippen LogP contribution in [0.5, 0.6) is 5.75 Å². The molecule has 112 valence electrons. The zero-order valence-corrected chi connectivity index (χ0v) is 12.6. The van der Waals surface area contributed by atoms with Crippen molar-refractivity contribution in [3.63, 3.8) is 0 Å². The Morgan fingerprint density at radius 3 is 2.62 bits per heavy atom. The molecular weight excluding hydrogens is 320 g/mol. The fraction of sp³-hybridized carbons (Fsp3) is 0.167. The molecule has 0 aromatic heterocycles. The molecule has 0 amide bonds. The number of methoxy groups -OCH3 is 1. The normalized spacial score (nSPS) is 17.0. The van der Waals surface area contributed by atoms with Gasteiger partial charge in [0.2, 0.25) is 0 Å². The lowest BCUT2D eigenvalue weighted by Gasteiger charge is -2.21. The number of hydrogen-bond donors (Lipinski definition) is 1. The number of ether oxygens (including phenoxy) is 1. The molecule has 0 saturated carbocycles. The van der Waals surface area contributed by atoms with Crippen LogP contribution in [-0.2, 0) is 15.0 Å². The average molecular weight is 331 g/mol. The second kappa shape index (κ2) is 5.38. The van der Waals surface area contributed by atoms with Crippen LogP contribution in [0.2, 0.25) is 5.02 Å². The van der Waals surface area contributed by atoms with E-state index in [0.717, 1.165) is 7.05 Å². The summed E-state index contributed by atoms with van der Waals surface area (Å²) < 4.78 is 32.9. The van der Waals surface area contributed by atoms with Gasteiger partial charge >= 0.3 is 16.2 Å². The third kappa shape index (κ3) is 2.86. The average Bonchev–Trinajstić information content (AvgIpc) is 2.41. The summed E-state index contributed by atoms with van der Waals surface area (Å²) in [5.74, 6) is -0.952. The van der Waals surface area contributed by atoms with Crippen LogP contribution in [0.4, 0.5) is 0 Å². The molecule has 0 unspecified atom stereocenters. The molecule has 0 atom stereocenters. The van der Waals surface area contributed by atoms with Crippen LogP contribution in [0.15, 0.2) is 34.4 Å². The molecule has 1 aromatic rings. The lowest BCUT2D eigenvalue weighted by molar-refractivity contribution is -0.133. The van der Waals surface area contributed by atoms with E-state index in [1.807, 2.05) is 0 Å². The third-order valence-electron chi connectivity index (χ3n) is 2.84. The second-order valence-electron chi connectivity index (χ2n) is 4.11. The van der Waals surface area contributed by atoms with Crippen molar-refractivity contribution in [2.24, 2.45) is 4.40 Å². The summed E-state index contributed by atoms with van der Waals surface area (Å²) in [5.41, 5.74) is -0.0294. The Kier molecular flexibility index (Phi) is 3.93. The van der Waals surface area contributed by atoms with Gasteiger partial charge in [-0.3, -0.25) is 0 Å². The number of hydrogen-bond acceptors (Lipinski definition) is 4. The first kappa shape index (κ1) is 15.3. The molecule has 0 bridgehead atoms. The second-order valence-corrected chi connectivity index (χ2v) is 6.14. The summed E-state index contributed by atoms with van der Waals surface area (Å²) in [5, 5.41) is 9.33. The van der Waals surface area contributed by atoms with E-state index in [9.17, 15) is 13.2 Å². The Hall–Kier alpha value is -2.06. The lowest BCUT2D eigenvalue weighted by Crippen LogP contribution is -2.33. The van der Waals surface area contributed by atoms with Crippen molar-refractivity contribution < 1.29 is 23.1 Å². The summed E-state index contributed by atoms with van der Waals surface area (Å²) in [4.78, 5) is 11.1. The number of rotatable bonds is 3. The van der Waals surface area contributed by atoms with Crippen LogP contribution in [0.3, 0.4) is 0 Å². The van der Waals surface area contributed by atoms with E-state index < -0.39 is 21.9 Å². The van der Waals surface area contributed by atoms with Gasteiger partial charge in [0.1, 0.15) is 11.4 Å². The Morgan fingerprint density at radius 2 is 2.10 bits per heavy atom. The molecule has 1 aromatic carbocycles. The molecule has 1 N–H and O–H groups in total. The van der Waals surface area contributed by atoms with Crippen molar-refractivity contribution in [2.75, 3.05) is 14.2 Å². The van der Waals surface area contributed by atoms with Crippen LogP contribution < -0.4 is 4.74 Å². The summed E-state index contributed by atoms with van der Waals surface area (Å²) in [6.45, 7) is 0. The molecule has 0 spiro atoms. The molecular formula is C12H11ClN2O5S. The number of halogens is 1. The van der Waals surface area contributed by atoms with Gasteiger partial charge in [-0.2, -0.15) is 8.42 Å². The van der Waals surface area contributed by atoms with E-state index in [1.165, 1.54) is 19.3 Å². The number of aliphatic carboxylic acids is 1.